The number of halogens is 2. The molecule has 1 aliphatic heterocycles. The Morgan fingerprint density at radius 3 is 2.63 bits per heavy atom. The molecule has 0 bridgehead atoms. The largest absolute Gasteiger partial charge is 0.364 e. The molecule has 1 aliphatic rings. The zero-order chi connectivity index (χ0) is 19.0. The quantitative estimate of drug-likeness (QED) is 0.739. The average molecular weight is 369 g/mol. The Labute approximate surface area is 156 Å². The monoisotopic (exact) mass is 369 g/mol. The molecule has 0 saturated carbocycles. The summed E-state index contributed by atoms with van der Waals surface area (Å²) in [6, 6.07) is 11.8. The van der Waals surface area contributed by atoms with Gasteiger partial charge in [-0.15, -0.1) is 0 Å². The first kappa shape index (κ1) is 17.7. The van der Waals surface area contributed by atoms with E-state index < -0.39 is 17.5 Å². The maximum absolute atomic E-state index is 14.2. The van der Waals surface area contributed by atoms with Gasteiger partial charge in [0.05, 0.1) is 6.54 Å². The number of hydrogen-bond acceptors (Lipinski definition) is 2. The highest BCUT2D eigenvalue weighted by molar-refractivity contribution is 5.99. The van der Waals surface area contributed by atoms with Crippen molar-refractivity contribution in [2.75, 3.05) is 13.1 Å². The molecule has 0 unspecified atom stereocenters. The summed E-state index contributed by atoms with van der Waals surface area (Å²) in [5, 5.41) is 4.31. The van der Waals surface area contributed by atoms with Crippen LogP contribution in [0.15, 0.2) is 42.5 Å². The molecule has 140 valence electrons. The number of amides is 1. The summed E-state index contributed by atoms with van der Waals surface area (Å²) in [6.45, 7) is 1.96. The Kier molecular flexibility index (Phi) is 4.66. The number of primary amides is 1. The Hall–Kier alpha value is -2.73. The molecule has 1 aromatic heterocycles. The normalized spacial score (nSPS) is 15.3. The third kappa shape index (κ3) is 3.21. The van der Waals surface area contributed by atoms with Crippen molar-refractivity contribution in [2.45, 2.75) is 25.3 Å². The van der Waals surface area contributed by atoms with Crippen molar-refractivity contribution in [2.24, 2.45) is 5.73 Å². The van der Waals surface area contributed by atoms with Gasteiger partial charge in [-0.25, -0.2) is 8.78 Å². The predicted octanol–water partition coefficient (Wildman–Crippen LogP) is 3.53. The Morgan fingerprint density at radius 2 is 1.89 bits per heavy atom. The lowest BCUT2D eigenvalue weighted by atomic mass is 9.88. The summed E-state index contributed by atoms with van der Waals surface area (Å²) in [5.74, 6) is -1.99. The molecule has 1 amide bonds. The number of carbonyl (C=O) groups is 1. The Balaban J connectivity index is 1.85. The molecule has 3 N–H and O–H groups in total. The van der Waals surface area contributed by atoms with Gasteiger partial charge in [0.25, 0.3) is 5.91 Å². The van der Waals surface area contributed by atoms with E-state index in [-0.39, 0.29) is 12.1 Å². The number of piperidine rings is 1. The summed E-state index contributed by atoms with van der Waals surface area (Å²) in [5.41, 5.74) is 8.06. The number of carbonyl (C=O) groups excluding carboxylic acids is 1. The molecule has 0 spiro atoms. The molecule has 3 aromatic rings. The highest BCUT2D eigenvalue weighted by atomic mass is 19.2. The number of benzene rings is 2. The van der Waals surface area contributed by atoms with Crippen molar-refractivity contribution in [3.63, 3.8) is 0 Å². The van der Waals surface area contributed by atoms with Gasteiger partial charge in [-0.2, -0.15) is 0 Å². The average Bonchev–Trinajstić information content (AvgIpc) is 3.05. The van der Waals surface area contributed by atoms with Gasteiger partial charge in [0.2, 0.25) is 0 Å². The first-order valence-corrected chi connectivity index (χ1v) is 9.12. The van der Waals surface area contributed by atoms with E-state index in [0.29, 0.717) is 11.6 Å². The van der Waals surface area contributed by atoms with Crippen molar-refractivity contribution in [1.29, 1.82) is 0 Å². The van der Waals surface area contributed by atoms with Crippen LogP contribution in [0.3, 0.4) is 0 Å². The summed E-state index contributed by atoms with van der Waals surface area (Å²) < 4.78 is 29.5. The SMILES string of the molecule is NC(=O)c1cc2c(C3CCNCC3)cccc2n1Cc1cccc(F)c1F. The van der Waals surface area contributed by atoms with Crippen LogP contribution >= 0.6 is 0 Å². The maximum Gasteiger partial charge on any atom is 0.265 e. The number of rotatable bonds is 4. The van der Waals surface area contributed by atoms with E-state index in [1.165, 1.54) is 17.7 Å². The topological polar surface area (TPSA) is 60.1 Å². The summed E-state index contributed by atoms with van der Waals surface area (Å²) in [7, 11) is 0. The van der Waals surface area contributed by atoms with Gasteiger partial charge in [-0.3, -0.25) is 4.79 Å². The number of hydrogen-bond donors (Lipinski definition) is 2. The number of aromatic nitrogens is 1. The molecule has 0 atom stereocenters. The van der Waals surface area contributed by atoms with E-state index in [4.69, 9.17) is 5.73 Å². The highest BCUT2D eigenvalue weighted by Crippen LogP contribution is 2.33. The second-order valence-corrected chi connectivity index (χ2v) is 7.00. The van der Waals surface area contributed by atoms with Gasteiger partial charge in [0.1, 0.15) is 5.69 Å². The van der Waals surface area contributed by atoms with E-state index in [1.807, 2.05) is 12.1 Å². The fourth-order valence-electron chi connectivity index (χ4n) is 4.01. The molecule has 27 heavy (non-hydrogen) atoms. The van der Waals surface area contributed by atoms with Crippen LogP contribution in [-0.2, 0) is 6.54 Å². The van der Waals surface area contributed by atoms with Crippen molar-refractivity contribution in [3.8, 4) is 0 Å². The van der Waals surface area contributed by atoms with Crippen molar-refractivity contribution >= 4 is 16.8 Å². The van der Waals surface area contributed by atoms with Gasteiger partial charge >= 0.3 is 0 Å². The summed E-state index contributed by atoms with van der Waals surface area (Å²) >= 11 is 0. The van der Waals surface area contributed by atoms with E-state index >= 15 is 0 Å². The van der Waals surface area contributed by atoms with Crippen LogP contribution < -0.4 is 11.1 Å². The lowest BCUT2D eigenvalue weighted by Crippen LogP contribution is -2.26. The lowest BCUT2D eigenvalue weighted by Gasteiger charge is -2.23. The first-order valence-electron chi connectivity index (χ1n) is 9.12. The first-order chi connectivity index (χ1) is 13.1. The minimum atomic E-state index is -0.903. The van der Waals surface area contributed by atoms with Crippen molar-refractivity contribution in [1.82, 2.24) is 9.88 Å². The molecular formula is C21H21F2N3O. The van der Waals surface area contributed by atoms with E-state index in [2.05, 4.69) is 11.4 Å². The van der Waals surface area contributed by atoms with Crippen LogP contribution in [0.1, 0.15) is 40.4 Å². The third-order valence-corrected chi connectivity index (χ3v) is 5.37. The van der Waals surface area contributed by atoms with Gasteiger partial charge in [-0.1, -0.05) is 24.3 Å². The molecular weight excluding hydrogens is 348 g/mol. The lowest BCUT2D eigenvalue weighted by molar-refractivity contribution is 0.0992. The Morgan fingerprint density at radius 1 is 1.15 bits per heavy atom. The van der Waals surface area contributed by atoms with Crippen LogP contribution in [-0.4, -0.2) is 23.6 Å². The van der Waals surface area contributed by atoms with Crippen LogP contribution in [0.4, 0.5) is 8.78 Å². The molecule has 2 aromatic carbocycles. The molecule has 0 radical (unpaired) electrons. The van der Waals surface area contributed by atoms with Crippen LogP contribution in [0.5, 0.6) is 0 Å². The minimum absolute atomic E-state index is 0.0427. The molecule has 1 fully saturated rings. The van der Waals surface area contributed by atoms with E-state index in [9.17, 15) is 13.6 Å². The Bertz CT molecular complexity index is 1010. The highest BCUT2D eigenvalue weighted by Gasteiger charge is 2.22. The predicted molar refractivity (Wildman–Crippen MR) is 101 cm³/mol. The molecule has 2 heterocycles. The molecule has 6 heteroatoms. The van der Waals surface area contributed by atoms with E-state index in [1.54, 1.807) is 10.6 Å². The smallest absolute Gasteiger partial charge is 0.265 e. The molecule has 0 aliphatic carbocycles. The van der Waals surface area contributed by atoms with Crippen LogP contribution in [0.25, 0.3) is 10.9 Å². The van der Waals surface area contributed by atoms with Gasteiger partial charge in [-0.05, 0) is 55.6 Å². The van der Waals surface area contributed by atoms with Crippen molar-refractivity contribution < 1.29 is 13.6 Å². The summed E-state index contributed by atoms with van der Waals surface area (Å²) in [6.07, 6.45) is 2.05. The van der Waals surface area contributed by atoms with Crippen molar-refractivity contribution in [3.05, 3.63) is 70.9 Å². The van der Waals surface area contributed by atoms with Crippen LogP contribution in [0, 0.1) is 11.6 Å². The zero-order valence-electron chi connectivity index (χ0n) is 14.8. The second kappa shape index (κ2) is 7.12. The number of nitrogens with zero attached hydrogens (tertiary/aromatic N) is 1. The fourth-order valence-corrected chi connectivity index (χ4v) is 4.01. The van der Waals surface area contributed by atoms with Gasteiger partial charge in [0, 0.05) is 16.5 Å². The van der Waals surface area contributed by atoms with Gasteiger partial charge in [0.15, 0.2) is 11.6 Å². The van der Waals surface area contributed by atoms with Gasteiger partial charge < -0.3 is 15.6 Å². The fraction of sp³-hybridized carbons (Fsp3) is 0.286. The standard InChI is InChI=1S/C21H21F2N3O/c22-17-5-1-3-14(20(17)23)12-26-18-6-2-4-15(13-7-9-25-10-8-13)16(18)11-19(26)21(24)27/h1-6,11,13,25H,7-10,12H2,(H2,24,27). The molecule has 4 rings (SSSR count). The third-order valence-electron chi connectivity index (χ3n) is 5.37. The number of fused-ring (bicyclic) bond motifs is 1. The maximum atomic E-state index is 14.2. The number of nitrogens with two attached hydrogens (primary N) is 1. The van der Waals surface area contributed by atoms with Crippen LogP contribution in [0.2, 0.25) is 0 Å². The van der Waals surface area contributed by atoms with E-state index in [0.717, 1.165) is 42.9 Å². The molecule has 4 nitrogen and oxygen atoms in total. The molecule has 1 saturated heterocycles. The zero-order valence-corrected chi connectivity index (χ0v) is 14.8. The second-order valence-electron chi connectivity index (χ2n) is 7.00. The number of nitrogens with one attached hydrogen (secondary N) is 1. The minimum Gasteiger partial charge on any atom is -0.364 e. The summed E-state index contributed by atoms with van der Waals surface area (Å²) in [4.78, 5) is 12.0.